The second-order valence-corrected chi connectivity index (χ2v) is 24.6. The first kappa shape index (κ1) is 51.5. The number of rotatable bonds is 12. The summed E-state index contributed by atoms with van der Waals surface area (Å²) < 4.78 is 72.7. The molecule has 0 spiro atoms. The lowest BCUT2D eigenvalue weighted by molar-refractivity contribution is -0.147. The lowest BCUT2D eigenvalue weighted by Crippen LogP contribution is -2.53. The van der Waals surface area contributed by atoms with Gasteiger partial charge in [0, 0.05) is 73.6 Å². The van der Waals surface area contributed by atoms with Crippen molar-refractivity contribution in [3.63, 3.8) is 0 Å². The lowest BCUT2D eigenvalue weighted by atomic mass is 9.85. The standard InChI is InChI=1S/C26H37N3O4S.C19H24N2O4S.C7H15NO/c1-17(2)25-16-33-13-12-29(25)26(30)19-6-9-21(10-7-19)27-34(31,32)22-11-8-20-14-23(18-4-5-18)28(3)24(20)15-22;1-21-17(12-2-3-12)10-14-6-9-16(11-18(14)21)26(24,25)20-15-7-4-13(5-8-15)19(22)23;1-6(2)7-5-9-4-3-8-7/h8,11,14-15,17-19,21,25,27H,4-7,9-10,12-13,16H2,1-3H3;6,9-13,15,20H,2-5,7-8H2,1H3,(H,22,23);6-8H,3-5H2,1-2H3/t19?,21?,25-;;7-/m1.1/s1. The van der Waals surface area contributed by atoms with E-state index in [1.807, 2.05) is 31.1 Å². The summed E-state index contributed by atoms with van der Waals surface area (Å²) in [7, 11) is -3.21. The van der Waals surface area contributed by atoms with Gasteiger partial charge in [-0.1, -0.05) is 39.8 Å². The van der Waals surface area contributed by atoms with E-state index in [4.69, 9.17) is 14.6 Å². The molecule has 4 saturated carbocycles. The Labute approximate surface area is 409 Å². The van der Waals surface area contributed by atoms with Crippen LogP contribution in [-0.2, 0) is 53.2 Å². The average Bonchev–Trinajstić information content (AvgIpc) is 4.29. The number of hydrogen-bond acceptors (Lipinski definition) is 9. The zero-order chi connectivity index (χ0) is 49.2. The number of carboxylic acids is 1. The summed E-state index contributed by atoms with van der Waals surface area (Å²) in [5.41, 5.74) is 4.46. The van der Waals surface area contributed by atoms with Crippen molar-refractivity contribution in [1.29, 1.82) is 0 Å². The summed E-state index contributed by atoms with van der Waals surface area (Å²) in [5, 5.41) is 14.6. The molecule has 1 amide bonds. The molecule has 0 radical (unpaired) electrons. The second-order valence-electron chi connectivity index (χ2n) is 21.2. The van der Waals surface area contributed by atoms with E-state index in [2.05, 4.69) is 63.7 Å². The molecule has 4 heterocycles. The number of sulfonamides is 2. The van der Waals surface area contributed by atoms with Gasteiger partial charge in [-0.25, -0.2) is 26.3 Å². The molecule has 69 heavy (non-hydrogen) atoms. The van der Waals surface area contributed by atoms with E-state index in [9.17, 15) is 26.4 Å². The number of amides is 1. The Kier molecular flexibility index (Phi) is 16.3. The zero-order valence-electron chi connectivity index (χ0n) is 41.5. The van der Waals surface area contributed by atoms with Gasteiger partial charge in [-0.2, -0.15) is 0 Å². The maximum absolute atomic E-state index is 13.2. The molecule has 0 unspecified atom stereocenters. The summed E-state index contributed by atoms with van der Waals surface area (Å²) in [4.78, 5) is 26.9. The molecule has 2 aromatic heterocycles. The Hall–Kier alpha value is -3.84. The highest BCUT2D eigenvalue weighted by Gasteiger charge is 2.37. The highest BCUT2D eigenvalue weighted by atomic mass is 32.2. The van der Waals surface area contributed by atoms with Gasteiger partial charge in [-0.3, -0.25) is 9.59 Å². The monoisotopic (exact) mass is 993 g/mol. The topological polar surface area (TPSA) is 190 Å². The van der Waals surface area contributed by atoms with Gasteiger partial charge < -0.3 is 33.9 Å². The van der Waals surface area contributed by atoms with Crippen molar-refractivity contribution in [3.8, 4) is 0 Å². The van der Waals surface area contributed by atoms with Gasteiger partial charge in [0.05, 0.1) is 48.2 Å². The molecule has 2 aromatic carbocycles. The van der Waals surface area contributed by atoms with Crippen LogP contribution in [0.1, 0.15) is 128 Å². The minimum atomic E-state index is -3.62. The number of carboxylic acid groups (broad SMARTS) is 1. The predicted molar refractivity (Wildman–Crippen MR) is 268 cm³/mol. The molecular formula is C52H76N6O9S2. The van der Waals surface area contributed by atoms with Crippen molar-refractivity contribution in [2.24, 2.45) is 37.8 Å². The van der Waals surface area contributed by atoms with Crippen molar-refractivity contribution >= 4 is 53.7 Å². The fourth-order valence-corrected chi connectivity index (χ4v) is 13.4. The number of benzene rings is 2. The maximum atomic E-state index is 13.2. The molecule has 2 atom stereocenters. The third-order valence-electron chi connectivity index (χ3n) is 15.5. The molecule has 4 N–H and O–H groups in total. The van der Waals surface area contributed by atoms with E-state index in [0.717, 1.165) is 54.4 Å². The lowest BCUT2D eigenvalue weighted by Gasteiger charge is -2.41. The number of hydrogen-bond donors (Lipinski definition) is 4. The van der Waals surface area contributed by atoms with Gasteiger partial charge in [0.2, 0.25) is 26.0 Å². The van der Waals surface area contributed by atoms with Crippen LogP contribution in [0, 0.1) is 23.7 Å². The number of fused-ring (bicyclic) bond motifs is 2. The number of carbonyl (C=O) groups excluding carboxylic acids is 1. The highest BCUT2D eigenvalue weighted by Crippen LogP contribution is 2.43. The molecule has 15 nitrogen and oxygen atoms in total. The Balaban J connectivity index is 0.000000161. The minimum absolute atomic E-state index is 0.0272. The van der Waals surface area contributed by atoms with Crippen LogP contribution in [0.5, 0.6) is 0 Å². The van der Waals surface area contributed by atoms with Crippen molar-refractivity contribution in [2.75, 3.05) is 39.5 Å². The third-order valence-corrected chi connectivity index (χ3v) is 18.5. The molecule has 2 aliphatic heterocycles. The number of ether oxygens (including phenoxy) is 2. The van der Waals surface area contributed by atoms with Crippen LogP contribution in [0.4, 0.5) is 0 Å². The molecule has 4 aromatic rings. The van der Waals surface area contributed by atoms with Crippen LogP contribution in [0.2, 0.25) is 0 Å². The first-order valence-electron chi connectivity index (χ1n) is 25.6. The molecule has 6 aliphatic rings. The number of aromatic nitrogens is 2. The molecule has 6 fully saturated rings. The summed E-state index contributed by atoms with van der Waals surface area (Å²) in [6, 6.07) is 15.4. The van der Waals surface area contributed by atoms with E-state index in [1.165, 1.54) is 37.1 Å². The van der Waals surface area contributed by atoms with Crippen molar-refractivity contribution in [2.45, 2.75) is 151 Å². The van der Waals surface area contributed by atoms with Gasteiger partial charge >= 0.3 is 5.97 Å². The molecule has 4 aliphatic carbocycles. The highest BCUT2D eigenvalue weighted by molar-refractivity contribution is 7.89. The van der Waals surface area contributed by atoms with Crippen LogP contribution in [-0.4, -0.2) is 112 Å². The fraction of sp³-hybridized carbons (Fsp3) is 0.654. The average molecular weight is 993 g/mol. The normalized spacial score (nSPS) is 25.8. The van der Waals surface area contributed by atoms with Crippen LogP contribution < -0.4 is 14.8 Å². The predicted octanol–water partition coefficient (Wildman–Crippen LogP) is 7.38. The summed E-state index contributed by atoms with van der Waals surface area (Å²) in [6.07, 6.45) is 9.81. The molecule has 380 valence electrons. The first-order chi connectivity index (χ1) is 32.9. The Morgan fingerprint density at radius 2 is 1.12 bits per heavy atom. The largest absolute Gasteiger partial charge is 0.481 e. The summed E-state index contributed by atoms with van der Waals surface area (Å²) >= 11 is 0. The van der Waals surface area contributed by atoms with E-state index < -0.39 is 26.0 Å². The Morgan fingerprint density at radius 1 is 0.638 bits per heavy atom. The molecular weight excluding hydrogens is 917 g/mol. The zero-order valence-corrected chi connectivity index (χ0v) is 43.1. The van der Waals surface area contributed by atoms with E-state index >= 15 is 0 Å². The minimum Gasteiger partial charge on any atom is -0.481 e. The molecule has 0 bridgehead atoms. The number of aryl methyl sites for hydroxylation is 2. The van der Waals surface area contributed by atoms with Crippen molar-refractivity contribution in [3.05, 3.63) is 59.9 Å². The van der Waals surface area contributed by atoms with Gasteiger partial charge in [0.15, 0.2) is 0 Å². The molecule has 2 saturated heterocycles. The van der Waals surface area contributed by atoms with Crippen LogP contribution in [0.3, 0.4) is 0 Å². The Morgan fingerprint density at radius 3 is 1.52 bits per heavy atom. The quantitative estimate of drug-likeness (QED) is 0.111. The second kappa shape index (κ2) is 21.9. The first-order valence-corrected chi connectivity index (χ1v) is 28.5. The van der Waals surface area contributed by atoms with Gasteiger partial charge in [0.25, 0.3) is 0 Å². The van der Waals surface area contributed by atoms with Crippen molar-refractivity contribution in [1.82, 2.24) is 28.8 Å². The van der Waals surface area contributed by atoms with Gasteiger partial charge in [0.1, 0.15) is 0 Å². The number of aliphatic carboxylic acids is 1. The number of carbonyl (C=O) groups is 2. The SMILES string of the molecule is CC(C)[C@H]1COCCN1.CC(C)[C@H]1COCCN1C(=O)C1CCC(NS(=O)(=O)c2ccc3cc(C4CC4)n(C)c3c2)CC1.Cn1c(C2CC2)cc2ccc(S(=O)(=O)NC3CCC(C(=O)O)CC3)cc21. The van der Waals surface area contributed by atoms with E-state index in [-0.39, 0.29) is 40.8 Å². The molecule has 10 rings (SSSR count). The number of nitrogens with one attached hydrogen (secondary N) is 3. The van der Waals surface area contributed by atoms with E-state index in [0.29, 0.717) is 92.9 Å². The van der Waals surface area contributed by atoms with Crippen molar-refractivity contribution < 1.29 is 41.0 Å². The molecule has 17 heteroatoms. The smallest absolute Gasteiger partial charge is 0.306 e. The fourth-order valence-electron chi connectivity index (χ4n) is 10.7. The van der Waals surface area contributed by atoms with Crippen LogP contribution >= 0.6 is 0 Å². The number of morpholine rings is 2. The van der Waals surface area contributed by atoms with E-state index in [1.54, 1.807) is 24.3 Å². The van der Waals surface area contributed by atoms with Gasteiger partial charge in [-0.05, 0) is 148 Å². The third kappa shape index (κ3) is 12.4. The van der Waals surface area contributed by atoms with Crippen LogP contribution in [0.25, 0.3) is 21.8 Å². The maximum Gasteiger partial charge on any atom is 0.306 e. The summed E-state index contributed by atoms with van der Waals surface area (Å²) in [5.74, 6) is 1.32. The van der Waals surface area contributed by atoms with Crippen LogP contribution in [0.15, 0.2) is 58.3 Å². The van der Waals surface area contributed by atoms with Gasteiger partial charge in [-0.15, -0.1) is 0 Å². The Bertz CT molecular complexity index is 2650. The summed E-state index contributed by atoms with van der Waals surface area (Å²) in [6.45, 7) is 13.3. The number of nitrogens with zero attached hydrogens (tertiary/aromatic N) is 3.